The van der Waals surface area contributed by atoms with Crippen molar-refractivity contribution >= 4 is 38.9 Å². The van der Waals surface area contributed by atoms with E-state index in [4.69, 9.17) is 5.73 Å². The average Bonchev–Trinajstić information content (AvgIpc) is 2.80. The van der Waals surface area contributed by atoms with Crippen molar-refractivity contribution in [2.24, 2.45) is 0 Å². The molecule has 1 heterocycles. The summed E-state index contributed by atoms with van der Waals surface area (Å²) in [5.74, 6) is -0.201. The van der Waals surface area contributed by atoms with Crippen LogP contribution in [0, 0.1) is 0 Å². The predicted octanol–water partition coefficient (Wildman–Crippen LogP) is 3.51. The van der Waals surface area contributed by atoms with Crippen molar-refractivity contribution in [3.05, 3.63) is 50.6 Å². The largest absolute Gasteiger partial charge is 0.399 e. The van der Waals surface area contributed by atoms with E-state index in [0.29, 0.717) is 12.2 Å². The molecule has 1 aromatic carbocycles. The lowest BCUT2D eigenvalue weighted by Crippen LogP contribution is -2.27. The van der Waals surface area contributed by atoms with Gasteiger partial charge in [-0.3, -0.25) is 4.79 Å². The molecule has 19 heavy (non-hydrogen) atoms. The lowest BCUT2D eigenvalue weighted by atomic mass is 10.00. The summed E-state index contributed by atoms with van der Waals surface area (Å²) >= 11 is 5.07. The average molecular weight is 339 g/mol. The van der Waals surface area contributed by atoms with Crippen LogP contribution >= 0.6 is 27.3 Å². The Hall–Kier alpha value is -1.33. The molecule has 3 nitrogen and oxygen atoms in total. The third kappa shape index (κ3) is 3.58. The first kappa shape index (κ1) is 14.1. The van der Waals surface area contributed by atoms with Gasteiger partial charge in [0.2, 0.25) is 5.91 Å². The molecule has 1 unspecified atom stereocenters. The van der Waals surface area contributed by atoms with Gasteiger partial charge >= 0.3 is 0 Å². The lowest BCUT2D eigenvalue weighted by molar-refractivity contribution is -0.122. The van der Waals surface area contributed by atoms with Gasteiger partial charge in [0, 0.05) is 15.0 Å². The minimum atomic E-state index is -0.206. The zero-order valence-corrected chi connectivity index (χ0v) is 12.9. The highest BCUT2D eigenvalue weighted by Crippen LogP contribution is 2.23. The zero-order chi connectivity index (χ0) is 13.8. The molecule has 0 aliphatic rings. The molecule has 0 saturated carbocycles. The first-order valence-electron chi connectivity index (χ1n) is 5.93. The molecule has 1 aromatic heterocycles. The fourth-order valence-corrected chi connectivity index (χ4v) is 3.18. The molecule has 0 saturated heterocycles. The summed E-state index contributed by atoms with van der Waals surface area (Å²) in [5.41, 5.74) is 7.34. The van der Waals surface area contributed by atoms with Crippen molar-refractivity contribution in [3.8, 4) is 0 Å². The monoisotopic (exact) mass is 338 g/mol. The Morgan fingerprint density at radius 3 is 2.89 bits per heavy atom. The smallest absolute Gasteiger partial charge is 0.227 e. The number of anilines is 1. The molecule has 3 N–H and O–H groups in total. The number of nitrogens with one attached hydrogen (secondary N) is 1. The van der Waals surface area contributed by atoms with Crippen LogP contribution in [0.15, 0.2) is 40.2 Å². The van der Waals surface area contributed by atoms with Gasteiger partial charge in [0.1, 0.15) is 0 Å². The van der Waals surface area contributed by atoms with E-state index in [1.54, 1.807) is 11.3 Å². The maximum absolute atomic E-state index is 12.1. The Morgan fingerprint density at radius 2 is 2.26 bits per heavy atom. The van der Waals surface area contributed by atoms with Crippen molar-refractivity contribution in [1.82, 2.24) is 5.32 Å². The highest BCUT2D eigenvalue weighted by atomic mass is 79.9. The van der Waals surface area contributed by atoms with Gasteiger partial charge in [0.25, 0.3) is 0 Å². The van der Waals surface area contributed by atoms with E-state index in [2.05, 4.69) is 21.2 Å². The van der Waals surface area contributed by atoms with E-state index in [9.17, 15) is 4.79 Å². The number of halogens is 1. The number of hydrogen-bond donors (Lipinski definition) is 2. The Kier molecular flexibility index (Phi) is 4.61. The van der Waals surface area contributed by atoms with Crippen molar-refractivity contribution in [2.45, 2.75) is 19.4 Å². The highest BCUT2D eigenvalue weighted by Gasteiger charge is 2.15. The molecular weight excluding hydrogens is 324 g/mol. The van der Waals surface area contributed by atoms with Crippen LogP contribution in [0.1, 0.15) is 23.3 Å². The van der Waals surface area contributed by atoms with Gasteiger partial charge in [0.15, 0.2) is 0 Å². The molecule has 0 aliphatic carbocycles. The van der Waals surface area contributed by atoms with Crippen LogP contribution in [0.25, 0.3) is 0 Å². The van der Waals surface area contributed by atoms with Crippen molar-refractivity contribution in [3.63, 3.8) is 0 Å². The fourth-order valence-electron chi connectivity index (χ4n) is 1.75. The van der Waals surface area contributed by atoms with E-state index in [1.807, 2.05) is 42.6 Å². The summed E-state index contributed by atoms with van der Waals surface area (Å²) in [6.07, 6.45) is 0. The van der Waals surface area contributed by atoms with Crippen LogP contribution in [0.4, 0.5) is 5.69 Å². The summed E-state index contributed by atoms with van der Waals surface area (Å²) in [7, 11) is 0. The quantitative estimate of drug-likeness (QED) is 0.838. The minimum Gasteiger partial charge on any atom is -0.399 e. The first-order chi connectivity index (χ1) is 9.08. The van der Waals surface area contributed by atoms with E-state index in [0.717, 1.165) is 14.9 Å². The number of nitrogens with two attached hydrogens (primary N) is 1. The molecule has 0 bridgehead atoms. The number of nitrogen functional groups attached to an aromatic ring is 1. The Balaban J connectivity index is 1.98. The fraction of sp³-hybridized carbons (Fsp3) is 0.214. The second kappa shape index (κ2) is 6.21. The number of carbonyl (C=O) groups is 1. The standard InChI is InChI=1S/C14H15BrN2OS/c1-9(10-3-2-4-11(16)7-10)14(18)17-8-13-12(15)5-6-19-13/h2-7,9H,8,16H2,1H3,(H,17,18). The van der Waals surface area contributed by atoms with Gasteiger partial charge in [-0.05, 0) is 52.0 Å². The van der Waals surface area contributed by atoms with Gasteiger partial charge < -0.3 is 11.1 Å². The third-order valence-corrected chi connectivity index (χ3v) is 4.84. The second-order valence-corrected chi connectivity index (χ2v) is 6.16. The summed E-state index contributed by atoms with van der Waals surface area (Å²) in [6.45, 7) is 2.43. The van der Waals surface area contributed by atoms with Crippen LogP contribution in [0.5, 0.6) is 0 Å². The van der Waals surface area contributed by atoms with Crippen LogP contribution < -0.4 is 11.1 Å². The van der Waals surface area contributed by atoms with E-state index < -0.39 is 0 Å². The number of carbonyl (C=O) groups excluding carboxylic acids is 1. The SMILES string of the molecule is CC(C(=O)NCc1sccc1Br)c1cccc(N)c1. The Morgan fingerprint density at radius 1 is 1.47 bits per heavy atom. The Labute approximate surface area is 125 Å². The minimum absolute atomic E-state index is 0.00546. The molecular formula is C14H15BrN2OS. The number of benzene rings is 1. The van der Waals surface area contributed by atoms with E-state index in [-0.39, 0.29) is 11.8 Å². The normalized spacial score (nSPS) is 12.1. The van der Waals surface area contributed by atoms with Gasteiger partial charge in [0.05, 0.1) is 12.5 Å². The lowest BCUT2D eigenvalue weighted by Gasteiger charge is -2.12. The topological polar surface area (TPSA) is 55.1 Å². The van der Waals surface area contributed by atoms with Gasteiger partial charge in [-0.25, -0.2) is 0 Å². The van der Waals surface area contributed by atoms with Crippen LogP contribution in [-0.2, 0) is 11.3 Å². The molecule has 0 spiro atoms. The van der Waals surface area contributed by atoms with Crippen LogP contribution in [-0.4, -0.2) is 5.91 Å². The highest BCUT2D eigenvalue weighted by molar-refractivity contribution is 9.10. The third-order valence-electron chi connectivity index (χ3n) is 2.92. The molecule has 0 aliphatic heterocycles. The molecule has 1 atom stereocenters. The summed E-state index contributed by atoms with van der Waals surface area (Å²) in [4.78, 5) is 13.2. The zero-order valence-electron chi connectivity index (χ0n) is 10.5. The predicted molar refractivity (Wildman–Crippen MR) is 83.1 cm³/mol. The number of hydrogen-bond acceptors (Lipinski definition) is 3. The first-order valence-corrected chi connectivity index (χ1v) is 7.60. The number of thiophene rings is 1. The van der Waals surface area contributed by atoms with Crippen LogP contribution in [0.2, 0.25) is 0 Å². The molecule has 5 heteroatoms. The maximum atomic E-state index is 12.1. The summed E-state index contributed by atoms with van der Waals surface area (Å²) in [6, 6.07) is 9.42. The molecule has 2 rings (SSSR count). The Bertz CT molecular complexity index is 582. The van der Waals surface area contributed by atoms with Crippen molar-refractivity contribution in [1.29, 1.82) is 0 Å². The van der Waals surface area contributed by atoms with Crippen molar-refractivity contribution in [2.75, 3.05) is 5.73 Å². The van der Waals surface area contributed by atoms with E-state index >= 15 is 0 Å². The number of amides is 1. The van der Waals surface area contributed by atoms with Gasteiger partial charge in [-0.1, -0.05) is 12.1 Å². The number of rotatable bonds is 4. The van der Waals surface area contributed by atoms with Crippen LogP contribution in [0.3, 0.4) is 0 Å². The van der Waals surface area contributed by atoms with E-state index in [1.165, 1.54) is 0 Å². The molecule has 0 fully saturated rings. The molecule has 0 radical (unpaired) electrons. The molecule has 100 valence electrons. The van der Waals surface area contributed by atoms with Gasteiger partial charge in [-0.15, -0.1) is 11.3 Å². The summed E-state index contributed by atoms with van der Waals surface area (Å²) in [5, 5.41) is 4.94. The maximum Gasteiger partial charge on any atom is 0.227 e. The molecule has 1 amide bonds. The second-order valence-electron chi connectivity index (χ2n) is 4.30. The van der Waals surface area contributed by atoms with Gasteiger partial charge in [-0.2, -0.15) is 0 Å². The summed E-state index contributed by atoms with van der Waals surface area (Å²) < 4.78 is 1.04. The molecule has 2 aromatic rings. The van der Waals surface area contributed by atoms with Crippen molar-refractivity contribution < 1.29 is 4.79 Å².